The van der Waals surface area contributed by atoms with Gasteiger partial charge in [0.15, 0.2) is 8.32 Å². The Morgan fingerprint density at radius 3 is 2.52 bits per heavy atom. The maximum absolute atomic E-state index is 13.0. The van der Waals surface area contributed by atoms with Gasteiger partial charge in [0.25, 0.3) is 0 Å². The molecule has 174 valence electrons. The molecule has 1 aromatic carbocycles. The summed E-state index contributed by atoms with van der Waals surface area (Å²) in [6.07, 6.45) is 1.18. The lowest BCUT2D eigenvalue weighted by Crippen LogP contribution is -2.52. The Morgan fingerprint density at radius 2 is 1.90 bits per heavy atom. The highest BCUT2D eigenvalue weighted by molar-refractivity contribution is 6.72. The molecule has 2 rings (SSSR count). The number of carbonyl (C=O) groups is 2. The molecular formula is C23H37NO6Si. The summed E-state index contributed by atoms with van der Waals surface area (Å²) in [6, 6.07) is 9.26. The van der Waals surface area contributed by atoms with E-state index in [0.29, 0.717) is 13.0 Å². The third kappa shape index (κ3) is 7.41. The Hall–Kier alpha value is -1.74. The van der Waals surface area contributed by atoms with Crippen molar-refractivity contribution in [2.45, 2.75) is 70.8 Å². The van der Waals surface area contributed by atoms with Crippen molar-refractivity contribution in [1.82, 2.24) is 4.90 Å². The zero-order valence-corrected chi connectivity index (χ0v) is 20.4. The number of hydrogen-bond donors (Lipinski definition) is 1. The number of Topliss-reactive ketones (excluding diaryl/α,β-unsaturated/α-hetero) is 1. The molecular weight excluding hydrogens is 414 g/mol. The van der Waals surface area contributed by atoms with Crippen LogP contribution in [0.3, 0.4) is 0 Å². The molecule has 1 aliphatic rings. The summed E-state index contributed by atoms with van der Waals surface area (Å²) in [7, 11) is -2.39. The summed E-state index contributed by atoms with van der Waals surface area (Å²) in [5.74, 6) is -0.376. The van der Waals surface area contributed by atoms with Crippen LogP contribution in [0.25, 0.3) is 0 Å². The molecule has 0 spiro atoms. The van der Waals surface area contributed by atoms with E-state index in [-0.39, 0.29) is 43.0 Å². The van der Waals surface area contributed by atoms with Gasteiger partial charge in [0.05, 0.1) is 19.1 Å². The highest BCUT2D eigenvalue weighted by Crippen LogP contribution is 2.41. The molecule has 1 heterocycles. The predicted octanol–water partition coefficient (Wildman–Crippen LogP) is 4.31. The second-order valence-electron chi connectivity index (χ2n) is 9.39. The Labute approximate surface area is 186 Å². The van der Waals surface area contributed by atoms with Crippen molar-refractivity contribution in [3.05, 3.63) is 35.9 Å². The molecule has 8 heteroatoms. The first-order valence-corrected chi connectivity index (χ1v) is 14.0. The highest BCUT2D eigenvalue weighted by Gasteiger charge is 2.42. The Morgan fingerprint density at radius 1 is 1.23 bits per heavy atom. The van der Waals surface area contributed by atoms with E-state index in [1.165, 1.54) is 0 Å². The van der Waals surface area contributed by atoms with E-state index in [2.05, 4.69) is 13.8 Å². The molecule has 1 saturated heterocycles. The van der Waals surface area contributed by atoms with E-state index >= 15 is 0 Å². The zero-order valence-electron chi connectivity index (χ0n) is 19.4. The normalized spacial score (nSPS) is 20.1. The van der Waals surface area contributed by atoms with Gasteiger partial charge in [-0.05, 0) is 43.5 Å². The number of benzene rings is 1. The van der Waals surface area contributed by atoms with Crippen LogP contribution in [0, 0.1) is 5.92 Å². The Bertz CT molecular complexity index is 719. The zero-order chi connectivity index (χ0) is 23.1. The average molecular weight is 452 g/mol. The highest BCUT2D eigenvalue weighted by atomic mass is 28.4. The Balaban J connectivity index is 2.08. The summed E-state index contributed by atoms with van der Waals surface area (Å²) in [4.78, 5) is 48.0. The maximum atomic E-state index is 13.0. The molecule has 31 heavy (non-hydrogen) atoms. The molecule has 1 amide bonds. The largest absolute Gasteiger partial charge is 0.445 e. The van der Waals surface area contributed by atoms with Crippen molar-refractivity contribution in [2.75, 3.05) is 19.8 Å². The molecule has 7 nitrogen and oxygen atoms in total. The second-order valence-corrected chi connectivity index (χ2v) is 13.9. The summed E-state index contributed by atoms with van der Waals surface area (Å²) >= 11 is 0. The smallest absolute Gasteiger partial charge is 0.410 e. The molecule has 1 N–H and O–H groups in total. The molecule has 0 saturated carbocycles. The topological polar surface area (TPSA) is 85.3 Å². The first-order valence-electron chi connectivity index (χ1n) is 11.0. The van der Waals surface area contributed by atoms with E-state index in [9.17, 15) is 14.4 Å². The summed E-state index contributed by atoms with van der Waals surface area (Å²) < 4.78 is 5.57. The number of amides is 1. The van der Waals surface area contributed by atoms with E-state index in [1.807, 2.05) is 43.4 Å². The number of rotatable bonds is 10. The molecule has 2 atom stereocenters. The van der Waals surface area contributed by atoms with Crippen LogP contribution in [0.4, 0.5) is 4.79 Å². The van der Waals surface area contributed by atoms with Crippen LogP contribution in [0.5, 0.6) is 0 Å². The Kier molecular flexibility index (Phi) is 9.23. The molecule has 0 bridgehead atoms. The minimum Gasteiger partial charge on any atom is -0.445 e. The first kappa shape index (κ1) is 25.5. The van der Waals surface area contributed by atoms with Crippen molar-refractivity contribution < 1.29 is 28.9 Å². The van der Waals surface area contributed by atoms with E-state index in [1.54, 1.807) is 11.8 Å². The summed E-state index contributed by atoms with van der Waals surface area (Å²) in [5, 5.41) is -0.232. The van der Waals surface area contributed by atoms with Crippen LogP contribution in [0.1, 0.15) is 45.6 Å². The lowest BCUT2D eigenvalue weighted by molar-refractivity contribution is -0.297. The quantitative estimate of drug-likeness (QED) is 0.247. The van der Waals surface area contributed by atoms with Gasteiger partial charge < -0.3 is 14.4 Å². The number of carbonyl (C=O) groups excluding carboxylic acids is 2. The van der Waals surface area contributed by atoms with Crippen molar-refractivity contribution in [3.8, 4) is 0 Å². The average Bonchev–Trinajstić information content (AvgIpc) is 2.72. The first-order chi connectivity index (χ1) is 14.5. The number of ketones is 1. The third-order valence-corrected chi connectivity index (χ3v) is 9.98. The van der Waals surface area contributed by atoms with Gasteiger partial charge in [-0.1, -0.05) is 44.2 Å². The molecule has 0 radical (unpaired) electrons. The number of likely N-dealkylation sites (tertiary alicyclic amines) is 1. The summed E-state index contributed by atoms with van der Waals surface area (Å²) in [5.41, 5.74) is 0.908. The van der Waals surface area contributed by atoms with Gasteiger partial charge in [0.2, 0.25) is 0 Å². The van der Waals surface area contributed by atoms with Crippen LogP contribution in [-0.4, -0.2) is 55.7 Å². The minimum absolute atomic E-state index is 0.0649. The van der Waals surface area contributed by atoms with Crippen molar-refractivity contribution in [2.24, 2.45) is 5.92 Å². The van der Waals surface area contributed by atoms with E-state index in [0.717, 1.165) is 12.0 Å². The van der Waals surface area contributed by atoms with Crippen LogP contribution in [0.15, 0.2) is 30.3 Å². The van der Waals surface area contributed by atoms with Crippen LogP contribution < -0.4 is 0 Å². The van der Waals surface area contributed by atoms with Crippen LogP contribution in [0.2, 0.25) is 18.1 Å². The second kappa shape index (κ2) is 11.2. The van der Waals surface area contributed by atoms with Gasteiger partial charge in [-0.25, -0.2) is 14.6 Å². The number of piperidine rings is 1. The number of ether oxygens (including phenoxy) is 1. The van der Waals surface area contributed by atoms with Gasteiger partial charge in [-0.15, -0.1) is 0 Å². The standard InChI is InChI=1S/C23H37NO6Si/c1-6-29-30-17-19-15-24(22(26)28-16-18-10-8-7-9-11-18)20(14-21(19)25)12-13-23(2,3)31(4,5)27/h7-11,19-20,27H,6,12-17H2,1-5H3. The third-order valence-electron chi connectivity index (χ3n) is 6.42. The van der Waals surface area contributed by atoms with Crippen molar-refractivity contribution >= 4 is 20.2 Å². The fourth-order valence-electron chi connectivity index (χ4n) is 3.47. The van der Waals surface area contributed by atoms with Crippen LogP contribution in [-0.2, 0) is 25.9 Å². The lowest BCUT2D eigenvalue weighted by atomic mass is 9.88. The van der Waals surface area contributed by atoms with Gasteiger partial charge in [-0.2, -0.15) is 0 Å². The van der Waals surface area contributed by atoms with E-state index < -0.39 is 20.3 Å². The van der Waals surface area contributed by atoms with Gasteiger partial charge >= 0.3 is 6.09 Å². The fourth-order valence-corrected chi connectivity index (χ4v) is 4.23. The lowest BCUT2D eigenvalue weighted by Gasteiger charge is -2.41. The van der Waals surface area contributed by atoms with Crippen LogP contribution >= 0.6 is 0 Å². The van der Waals surface area contributed by atoms with Gasteiger partial charge in [-0.3, -0.25) is 4.79 Å². The van der Waals surface area contributed by atoms with Gasteiger partial charge in [0, 0.05) is 19.0 Å². The predicted molar refractivity (Wildman–Crippen MR) is 121 cm³/mol. The molecule has 1 fully saturated rings. The van der Waals surface area contributed by atoms with E-state index in [4.69, 9.17) is 14.5 Å². The number of hydrogen-bond acceptors (Lipinski definition) is 6. The van der Waals surface area contributed by atoms with Crippen molar-refractivity contribution in [1.29, 1.82) is 0 Å². The SMILES string of the molecule is CCOOCC1CN(C(=O)OCc2ccccc2)C(CCC(C)(C)[Si](C)(C)O)CC1=O. The maximum Gasteiger partial charge on any atom is 0.410 e. The monoisotopic (exact) mass is 451 g/mol. The van der Waals surface area contributed by atoms with Crippen molar-refractivity contribution in [3.63, 3.8) is 0 Å². The van der Waals surface area contributed by atoms with Gasteiger partial charge in [0.1, 0.15) is 12.4 Å². The molecule has 1 aromatic rings. The molecule has 0 aromatic heterocycles. The molecule has 2 unspecified atom stereocenters. The summed E-state index contributed by atoms with van der Waals surface area (Å²) in [6.45, 7) is 10.7. The molecule has 0 aliphatic carbocycles. The fraction of sp³-hybridized carbons (Fsp3) is 0.652. The molecule has 1 aliphatic heterocycles. The number of nitrogens with zero attached hydrogens (tertiary/aromatic N) is 1. The minimum atomic E-state index is -2.39.